The first-order valence-corrected chi connectivity index (χ1v) is 5.97. The molecule has 0 aliphatic heterocycles. The average Bonchev–Trinajstić information content (AvgIpc) is 2.08. The van der Waals surface area contributed by atoms with E-state index < -0.39 is 0 Å². The first-order valence-electron chi connectivity index (χ1n) is 5.45. The fraction of sp³-hybridized carbons (Fsp3) is 0.909. The smallest absolute Gasteiger partial charge is 0.235 e. The van der Waals surface area contributed by atoms with E-state index in [2.05, 4.69) is 12.6 Å². The Kier molecular flexibility index (Phi) is 4.30. The molecule has 0 aromatic rings. The molecule has 1 amide bonds. The molecule has 1 fully saturated rings. The van der Waals surface area contributed by atoms with Gasteiger partial charge in [-0.05, 0) is 24.7 Å². The summed E-state index contributed by atoms with van der Waals surface area (Å²) in [6, 6.07) is 0. The van der Waals surface area contributed by atoms with E-state index in [1.807, 2.05) is 25.8 Å². The number of hydrogen-bond donors (Lipinski definition) is 1. The Morgan fingerprint density at radius 2 is 2.07 bits per heavy atom. The van der Waals surface area contributed by atoms with Gasteiger partial charge < -0.3 is 4.90 Å². The van der Waals surface area contributed by atoms with E-state index in [1.165, 1.54) is 19.3 Å². The maximum Gasteiger partial charge on any atom is 0.235 e. The van der Waals surface area contributed by atoms with E-state index in [4.69, 9.17) is 0 Å². The zero-order chi connectivity index (χ0) is 10.7. The summed E-state index contributed by atoms with van der Waals surface area (Å²) in [4.78, 5) is 13.7. The summed E-state index contributed by atoms with van der Waals surface area (Å²) in [5, 5.41) is -0.139. The number of carbonyl (C=O) groups excluding carboxylic acids is 1. The third-order valence-electron chi connectivity index (χ3n) is 3.02. The third kappa shape index (κ3) is 2.91. The van der Waals surface area contributed by atoms with Gasteiger partial charge in [0.15, 0.2) is 0 Å². The molecule has 0 radical (unpaired) electrons. The van der Waals surface area contributed by atoms with Crippen LogP contribution in [0.2, 0.25) is 0 Å². The topological polar surface area (TPSA) is 20.3 Å². The molecule has 1 aliphatic carbocycles. The highest BCUT2D eigenvalue weighted by molar-refractivity contribution is 7.81. The molecule has 3 heteroatoms. The number of carbonyl (C=O) groups is 1. The Labute approximate surface area is 92.5 Å². The van der Waals surface area contributed by atoms with E-state index in [0.717, 1.165) is 12.5 Å². The molecule has 2 nitrogen and oxygen atoms in total. The Hall–Kier alpha value is -0.180. The number of thiol groups is 1. The SMILES string of the molecule is CC(C)C(S)C(=O)N(C)CC1CCC1. The van der Waals surface area contributed by atoms with Crippen LogP contribution in [0.4, 0.5) is 0 Å². The molecule has 1 rings (SSSR count). The molecule has 0 N–H and O–H groups in total. The van der Waals surface area contributed by atoms with Gasteiger partial charge in [-0.2, -0.15) is 12.6 Å². The van der Waals surface area contributed by atoms with Gasteiger partial charge in [0.2, 0.25) is 5.91 Å². The summed E-state index contributed by atoms with van der Waals surface area (Å²) >= 11 is 4.34. The molecular weight excluding hydrogens is 194 g/mol. The average molecular weight is 215 g/mol. The largest absolute Gasteiger partial charge is 0.345 e. The van der Waals surface area contributed by atoms with Crippen LogP contribution in [0.3, 0.4) is 0 Å². The highest BCUT2D eigenvalue weighted by Crippen LogP contribution is 2.27. The monoisotopic (exact) mass is 215 g/mol. The van der Waals surface area contributed by atoms with Crippen molar-refractivity contribution in [2.45, 2.75) is 38.4 Å². The molecule has 0 aromatic carbocycles. The first-order chi connectivity index (χ1) is 6.52. The second kappa shape index (κ2) is 5.06. The van der Waals surface area contributed by atoms with E-state index in [9.17, 15) is 4.79 Å². The van der Waals surface area contributed by atoms with Crippen molar-refractivity contribution < 1.29 is 4.79 Å². The Morgan fingerprint density at radius 1 is 1.50 bits per heavy atom. The van der Waals surface area contributed by atoms with Gasteiger partial charge in [-0.15, -0.1) is 0 Å². The Morgan fingerprint density at radius 3 is 2.43 bits per heavy atom. The molecule has 1 atom stereocenters. The number of rotatable bonds is 4. The summed E-state index contributed by atoms with van der Waals surface area (Å²) in [5.41, 5.74) is 0. The molecule has 14 heavy (non-hydrogen) atoms. The fourth-order valence-electron chi connectivity index (χ4n) is 1.66. The summed E-state index contributed by atoms with van der Waals surface area (Å²) < 4.78 is 0. The quantitative estimate of drug-likeness (QED) is 0.713. The Bertz CT molecular complexity index is 201. The van der Waals surface area contributed by atoms with Gasteiger partial charge in [-0.3, -0.25) is 4.79 Å². The second-order valence-electron chi connectivity index (χ2n) is 4.70. The number of amides is 1. The van der Waals surface area contributed by atoms with Crippen LogP contribution in [-0.4, -0.2) is 29.6 Å². The van der Waals surface area contributed by atoms with E-state index >= 15 is 0 Å². The van der Waals surface area contributed by atoms with Crippen LogP contribution in [0.5, 0.6) is 0 Å². The van der Waals surface area contributed by atoms with Crippen LogP contribution in [0.1, 0.15) is 33.1 Å². The van der Waals surface area contributed by atoms with Gasteiger partial charge in [-0.1, -0.05) is 20.3 Å². The summed E-state index contributed by atoms with van der Waals surface area (Å²) in [7, 11) is 1.90. The lowest BCUT2D eigenvalue weighted by atomic mass is 9.85. The van der Waals surface area contributed by atoms with Crippen molar-refractivity contribution >= 4 is 18.5 Å². The number of hydrogen-bond acceptors (Lipinski definition) is 2. The highest BCUT2D eigenvalue weighted by Gasteiger charge is 2.25. The van der Waals surface area contributed by atoms with Crippen molar-refractivity contribution in [3.63, 3.8) is 0 Å². The lowest BCUT2D eigenvalue weighted by Crippen LogP contribution is -2.40. The van der Waals surface area contributed by atoms with Crippen LogP contribution < -0.4 is 0 Å². The Balaban J connectivity index is 2.34. The standard InChI is InChI=1S/C11H21NOS/c1-8(2)10(14)11(13)12(3)7-9-5-4-6-9/h8-10,14H,4-7H2,1-3H3. The van der Waals surface area contributed by atoms with Crippen LogP contribution in [0.25, 0.3) is 0 Å². The molecule has 0 bridgehead atoms. The van der Waals surface area contributed by atoms with Crippen molar-refractivity contribution in [2.75, 3.05) is 13.6 Å². The van der Waals surface area contributed by atoms with Gasteiger partial charge in [0.05, 0.1) is 5.25 Å². The van der Waals surface area contributed by atoms with Crippen molar-refractivity contribution in [2.24, 2.45) is 11.8 Å². The van der Waals surface area contributed by atoms with E-state index in [-0.39, 0.29) is 11.2 Å². The fourth-order valence-corrected chi connectivity index (χ4v) is 1.86. The highest BCUT2D eigenvalue weighted by atomic mass is 32.1. The van der Waals surface area contributed by atoms with Crippen molar-refractivity contribution in [3.05, 3.63) is 0 Å². The number of nitrogens with zero attached hydrogens (tertiary/aromatic N) is 1. The molecule has 0 heterocycles. The summed E-state index contributed by atoms with van der Waals surface area (Å²) in [6.07, 6.45) is 3.91. The van der Waals surface area contributed by atoms with E-state index in [1.54, 1.807) is 0 Å². The van der Waals surface area contributed by atoms with Crippen molar-refractivity contribution in [1.29, 1.82) is 0 Å². The van der Waals surface area contributed by atoms with Gasteiger partial charge in [-0.25, -0.2) is 0 Å². The third-order valence-corrected chi connectivity index (χ3v) is 3.83. The maximum atomic E-state index is 11.8. The predicted octanol–water partition coefficient (Wildman–Crippen LogP) is 2.20. The lowest BCUT2D eigenvalue weighted by Gasteiger charge is -2.31. The summed E-state index contributed by atoms with van der Waals surface area (Å²) in [6.45, 7) is 4.99. The van der Waals surface area contributed by atoms with Crippen molar-refractivity contribution in [1.82, 2.24) is 4.90 Å². The molecule has 1 unspecified atom stereocenters. The maximum absolute atomic E-state index is 11.8. The molecule has 0 spiro atoms. The molecular formula is C11H21NOS. The first kappa shape index (κ1) is 11.9. The van der Waals surface area contributed by atoms with Crippen LogP contribution >= 0.6 is 12.6 Å². The normalized spacial score (nSPS) is 19.2. The van der Waals surface area contributed by atoms with Crippen molar-refractivity contribution in [3.8, 4) is 0 Å². The molecule has 1 saturated carbocycles. The minimum absolute atomic E-state index is 0.139. The van der Waals surface area contributed by atoms with Crippen LogP contribution in [0.15, 0.2) is 0 Å². The lowest BCUT2D eigenvalue weighted by molar-refractivity contribution is -0.130. The minimum atomic E-state index is -0.139. The van der Waals surface area contributed by atoms with Crippen LogP contribution in [-0.2, 0) is 4.79 Å². The van der Waals surface area contributed by atoms with Crippen LogP contribution in [0, 0.1) is 11.8 Å². The molecule has 1 aliphatic rings. The minimum Gasteiger partial charge on any atom is -0.345 e. The summed E-state index contributed by atoms with van der Waals surface area (Å²) in [5.74, 6) is 1.24. The van der Waals surface area contributed by atoms with E-state index in [0.29, 0.717) is 5.92 Å². The second-order valence-corrected chi connectivity index (χ2v) is 5.26. The van der Waals surface area contributed by atoms with Gasteiger partial charge >= 0.3 is 0 Å². The molecule has 0 saturated heterocycles. The molecule has 82 valence electrons. The zero-order valence-corrected chi connectivity index (χ0v) is 10.3. The van der Waals surface area contributed by atoms with Gasteiger partial charge in [0, 0.05) is 13.6 Å². The molecule has 0 aromatic heterocycles. The van der Waals surface area contributed by atoms with Gasteiger partial charge in [0.1, 0.15) is 0 Å². The zero-order valence-electron chi connectivity index (χ0n) is 9.36. The predicted molar refractivity (Wildman–Crippen MR) is 62.6 cm³/mol. The van der Waals surface area contributed by atoms with Gasteiger partial charge in [0.25, 0.3) is 0 Å².